The molecule has 0 atom stereocenters. The lowest BCUT2D eigenvalue weighted by Gasteiger charge is -2.14. The summed E-state index contributed by atoms with van der Waals surface area (Å²) in [6.07, 6.45) is 1.01. The minimum absolute atomic E-state index is 0.0364. The lowest BCUT2D eigenvalue weighted by atomic mass is 10.2. The van der Waals surface area contributed by atoms with Crippen LogP contribution in [0, 0.1) is 0 Å². The van der Waals surface area contributed by atoms with E-state index in [9.17, 15) is 4.79 Å². The van der Waals surface area contributed by atoms with Crippen molar-refractivity contribution in [2.75, 3.05) is 7.11 Å². The number of urea groups is 1. The second-order valence-corrected chi connectivity index (χ2v) is 3.92. The summed E-state index contributed by atoms with van der Waals surface area (Å²) in [6, 6.07) is 4.07. The molecule has 1 rings (SSSR count). The smallest absolute Gasteiger partial charge is 0.344 e. The highest BCUT2D eigenvalue weighted by molar-refractivity contribution is 6.35. The number of nitrogens with two attached hydrogens (primary N) is 1. The van der Waals surface area contributed by atoms with Crippen LogP contribution in [0.15, 0.2) is 23.4 Å². The molecule has 2 N–H and O–H groups in total. The molecule has 2 amide bonds. The van der Waals surface area contributed by atoms with Crippen molar-refractivity contribution in [1.29, 1.82) is 0 Å². The summed E-state index contributed by atoms with van der Waals surface area (Å²) in [4.78, 5) is 20.5. The molecule has 0 aliphatic rings. The number of carbonyl (C=O) groups excluding carboxylic acids is 1. The maximum Gasteiger partial charge on any atom is 0.344 e. The number of nitrogens with zero attached hydrogens (tertiary/aromatic N) is 2. The quantitative estimate of drug-likeness (QED) is 0.514. The molecule has 0 saturated carbocycles. The van der Waals surface area contributed by atoms with Crippen molar-refractivity contribution in [2.45, 2.75) is 6.61 Å². The molecule has 18 heavy (non-hydrogen) atoms. The van der Waals surface area contributed by atoms with Gasteiger partial charge in [0.05, 0.1) is 0 Å². The van der Waals surface area contributed by atoms with Gasteiger partial charge in [-0.25, -0.2) is 4.79 Å². The summed E-state index contributed by atoms with van der Waals surface area (Å²) >= 11 is 11.7. The van der Waals surface area contributed by atoms with Gasteiger partial charge in [-0.15, -0.1) is 0 Å². The molecular weight excluding hydrogens is 281 g/mol. The first-order chi connectivity index (χ1) is 8.54. The van der Waals surface area contributed by atoms with E-state index in [2.05, 4.69) is 9.99 Å². The van der Waals surface area contributed by atoms with Crippen molar-refractivity contribution in [1.82, 2.24) is 5.06 Å². The van der Waals surface area contributed by atoms with Crippen LogP contribution in [0.4, 0.5) is 4.79 Å². The van der Waals surface area contributed by atoms with Crippen LogP contribution in [0.3, 0.4) is 0 Å². The number of hydrogen-bond donors (Lipinski definition) is 1. The van der Waals surface area contributed by atoms with Crippen LogP contribution < -0.4 is 5.73 Å². The zero-order valence-electron chi connectivity index (χ0n) is 9.47. The number of benzene rings is 1. The number of hydroxylamine groups is 2. The molecule has 0 spiro atoms. The van der Waals surface area contributed by atoms with E-state index < -0.39 is 6.03 Å². The predicted octanol–water partition coefficient (Wildman–Crippen LogP) is 2.40. The summed E-state index contributed by atoms with van der Waals surface area (Å²) in [5.41, 5.74) is 5.72. The fraction of sp³-hybridized carbons (Fsp3) is 0.200. The van der Waals surface area contributed by atoms with Gasteiger partial charge in [-0.05, 0) is 17.7 Å². The summed E-state index contributed by atoms with van der Waals surface area (Å²) in [5, 5.41) is 5.03. The van der Waals surface area contributed by atoms with Gasteiger partial charge >= 0.3 is 6.03 Å². The van der Waals surface area contributed by atoms with Gasteiger partial charge < -0.3 is 10.6 Å². The van der Waals surface area contributed by atoms with Crippen molar-refractivity contribution in [3.8, 4) is 0 Å². The summed E-state index contributed by atoms with van der Waals surface area (Å²) in [5.74, 6) is 0. The van der Waals surface area contributed by atoms with E-state index >= 15 is 0 Å². The predicted molar refractivity (Wildman–Crippen MR) is 68.2 cm³/mol. The van der Waals surface area contributed by atoms with Crippen LogP contribution in [-0.4, -0.2) is 24.5 Å². The van der Waals surface area contributed by atoms with Gasteiger partial charge in [0.15, 0.2) is 6.34 Å². The molecule has 0 aliphatic heterocycles. The SMILES string of the molecule is CO/N=C/N(OCc1ccc(Cl)cc1Cl)C(N)=O. The number of oxime groups is 1. The number of hydrogen-bond acceptors (Lipinski definition) is 4. The average molecular weight is 292 g/mol. The molecule has 0 unspecified atom stereocenters. The van der Waals surface area contributed by atoms with Gasteiger partial charge in [0.25, 0.3) is 0 Å². The summed E-state index contributed by atoms with van der Waals surface area (Å²) < 4.78 is 0. The number of halogens is 2. The first-order valence-corrected chi connectivity index (χ1v) is 5.52. The second kappa shape index (κ2) is 7.05. The third-order valence-electron chi connectivity index (χ3n) is 1.85. The van der Waals surface area contributed by atoms with Gasteiger partial charge in [-0.2, -0.15) is 5.06 Å². The van der Waals surface area contributed by atoms with Crippen molar-refractivity contribution in [3.63, 3.8) is 0 Å². The Hall–Kier alpha value is -1.50. The van der Waals surface area contributed by atoms with E-state index in [0.29, 0.717) is 15.6 Å². The highest BCUT2D eigenvalue weighted by Crippen LogP contribution is 2.21. The minimum atomic E-state index is -0.833. The Morgan fingerprint density at radius 3 is 2.83 bits per heavy atom. The highest BCUT2D eigenvalue weighted by atomic mass is 35.5. The van der Waals surface area contributed by atoms with E-state index in [4.69, 9.17) is 33.8 Å². The summed E-state index contributed by atoms with van der Waals surface area (Å²) in [6.45, 7) is 0.0364. The van der Waals surface area contributed by atoms with E-state index in [1.54, 1.807) is 18.2 Å². The molecule has 0 saturated heterocycles. The Labute approximate surface area is 114 Å². The van der Waals surface area contributed by atoms with Crippen molar-refractivity contribution >= 4 is 35.6 Å². The Kier molecular flexibility index (Phi) is 5.70. The van der Waals surface area contributed by atoms with Gasteiger partial charge in [-0.1, -0.05) is 34.4 Å². The second-order valence-electron chi connectivity index (χ2n) is 3.08. The van der Waals surface area contributed by atoms with Gasteiger partial charge in [-0.3, -0.25) is 4.84 Å². The van der Waals surface area contributed by atoms with Crippen LogP contribution in [0.25, 0.3) is 0 Å². The first kappa shape index (κ1) is 14.6. The zero-order valence-corrected chi connectivity index (χ0v) is 11.0. The molecule has 0 radical (unpaired) electrons. The molecule has 0 aliphatic carbocycles. The molecular formula is C10H11Cl2N3O3. The van der Waals surface area contributed by atoms with E-state index in [1.165, 1.54) is 7.11 Å². The number of carbonyl (C=O) groups is 1. The van der Waals surface area contributed by atoms with Crippen LogP contribution in [0.2, 0.25) is 10.0 Å². The lowest BCUT2D eigenvalue weighted by Crippen LogP contribution is -2.34. The standard InChI is InChI=1S/C10H11Cl2N3O3/c1-17-14-6-15(10(13)16)18-5-7-2-3-8(11)4-9(7)12/h2-4,6H,5H2,1H3,(H2,13,16)/b14-6+. The fourth-order valence-electron chi connectivity index (χ4n) is 1.02. The largest absolute Gasteiger partial charge is 0.398 e. The Bertz CT molecular complexity index is 454. The van der Waals surface area contributed by atoms with Gasteiger partial charge in [0.1, 0.15) is 13.7 Å². The lowest BCUT2D eigenvalue weighted by molar-refractivity contribution is -0.0684. The maximum atomic E-state index is 11.0. The topological polar surface area (TPSA) is 77.2 Å². The molecule has 0 bridgehead atoms. The van der Waals surface area contributed by atoms with Crippen LogP contribution in [0.5, 0.6) is 0 Å². The van der Waals surface area contributed by atoms with E-state index in [-0.39, 0.29) is 6.61 Å². The van der Waals surface area contributed by atoms with Crippen molar-refractivity contribution in [3.05, 3.63) is 33.8 Å². The Balaban J connectivity index is 2.67. The normalized spacial score (nSPS) is 10.6. The number of amides is 2. The minimum Gasteiger partial charge on any atom is -0.398 e. The van der Waals surface area contributed by atoms with Crippen molar-refractivity contribution in [2.24, 2.45) is 10.9 Å². The first-order valence-electron chi connectivity index (χ1n) is 4.76. The number of rotatable bonds is 5. The molecule has 1 aromatic carbocycles. The molecule has 8 heteroatoms. The van der Waals surface area contributed by atoms with Gasteiger partial charge in [0, 0.05) is 10.0 Å². The van der Waals surface area contributed by atoms with Gasteiger partial charge in [0.2, 0.25) is 0 Å². The van der Waals surface area contributed by atoms with Crippen LogP contribution >= 0.6 is 23.2 Å². The number of primary amides is 1. The highest BCUT2D eigenvalue weighted by Gasteiger charge is 2.10. The third kappa shape index (κ3) is 4.40. The molecule has 98 valence electrons. The van der Waals surface area contributed by atoms with Crippen LogP contribution in [0.1, 0.15) is 5.56 Å². The third-order valence-corrected chi connectivity index (χ3v) is 2.44. The summed E-state index contributed by atoms with van der Waals surface area (Å²) in [7, 11) is 1.33. The Morgan fingerprint density at radius 1 is 1.56 bits per heavy atom. The molecule has 6 nitrogen and oxygen atoms in total. The monoisotopic (exact) mass is 291 g/mol. The van der Waals surface area contributed by atoms with E-state index in [0.717, 1.165) is 11.4 Å². The van der Waals surface area contributed by atoms with E-state index in [1.807, 2.05) is 0 Å². The van der Waals surface area contributed by atoms with Crippen LogP contribution in [-0.2, 0) is 16.3 Å². The average Bonchev–Trinajstić information content (AvgIpc) is 2.31. The molecule has 1 aromatic rings. The molecule has 0 fully saturated rings. The molecule has 0 heterocycles. The maximum absolute atomic E-state index is 11.0. The molecule has 0 aromatic heterocycles. The fourth-order valence-corrected chi connectivity index (χ4v) is 1.48. The Morgan fingerprint density at radius 2 is 2.28 bits per heavy atom. The van der Waals surface area contributed by atoms with Crippen molar-refractivity contribution < 1.29 is 14.5 Å². The zero-order chi connectivity index (χ0) is 13.5.